The monoisotopic (exact) mass is 609 g/mol. The number of sulfonamides is 1. The Morgan fingerprint density at radius 1 is 1.21 bits per heavy atom. The summed E-state index contributed by atoms with van der Waals surface area (Å²) in [5, 5.41) is 2.89. The molecule has 10 heteroatoms. The van der Waals surface area contributed by atoms with E-state index in [0.717, 1.165) is 49.9 Å². The number of benzene rings is 1. The van der Waals surface area contributed by atoms with E-state index in [1.165, 1.54) is 12.3 Å². The third-order valence-electron chi connectivity index (χ3n) is 7.56. The summed E-state index contributed by atoms with van der Waals surface area (Å²) in [6.07, 6.45) is 7.70. The Balaban J connectivity index is 0.00000296. The molecule has 42 heavy (non-hydrogen) atoms. The van der Waals surface area contributed by atoms with Crippen molar-refractivity contribution in [2.45, 2.75) is 112 Å². The fraction of sp³-hybridized carbons (Fsp3) is 0.625. The van der Waals surface area contributed by atoms with Gasteiger partial charge in [0, 0.05) is 33.1 Å². The van der Waals surface area contributed by atoms with Gasteiger partial charge in [-0.05, 0) is 70.1 Å². The van der Waals surface area contributed by atoms with E-state index in [1.807, 2.05) is 40.7 Å². The number of imidazole rings is 1. The minimum absolute atomic E-state index is 0. The molecule has 240 valence electrons. The fourth-order valence-corrected chi connectivity index (χ4v) is 6.41. The summed E-state index contributed by atoms with van der Waals surface area (Å²) in [6.45, 7) is 18.8. The first kappa shape index (κ1) is 35.5. The molecule has 1 aromatic carbocycles. The molecule has 2 aromatic rings. The van der Waals surface area contributed by atoms with Crippen LogP contribution in [0, 0.1) is 18.7 Å². The van der Waals surface area contributed by atoms with E-state index in [1.54, 1.807) is 13.0 Å². The highest BCUT2D eigenvalue weighted by molar-refractivity contribution is 7.89. The molecule has 1 aromatic heterocycles. The van der Waals surface area contributed by atoms with Gasteiger partial charge in [0.05, 0.1) is 23.7 Å². The molecular formula is C32H56FN5O3S. The highest BCUT2D eigenvalue weighted by Crippen LogP contribution is 2.32. The molecular weight excluding hydrogens is 553 g/mol. The molecule has 0 radical (unpaired) electrons. The van der Waals surface area contributed by atoms with Crippen molar-refractivity contribution in [2.24, 2.45) is 5.92 Å². The number of aryl methyl sites for hydroxylation is 1. The van der Waals surface area contributed by atoms with Crippen LogP contribution in [-0.2, 0) is 14.8 Å². The van der Waals surface area contributed by atoms with Gasteiger partial charge in [-0.1, -0.05) is 53.2 Å². The summed E-state index contributed by atoms with van der Waals surface area (Å²) in [4.78, 5) is 23.0. The minimum atomic E-state index is -3.65. The lowest BCUT2D eigenvalue weighted by atomic mass is 10.0. The normalized spacial score (nSPS) is 18.1. The molecule has 1 saturated heterocycles. The lowest BCUT2D eigenvalue weighted by molar-refractivity contribution is -0.123. The summed E-state index contributed by atoms with van der Waals surface area (Å²) in [6, 6.07) is 3.72. The van der Waals surface area contributed by atoms with E-state index in [0.29, 0.717) is 35.5 Å². The number of H-pyrrole nitrogens is 1. The van der Waals surface area contributed by atoms with Gasteiger partial charge in [0.1, 0.15) is 17.7 Å². The molecule has 0 unspecified atom stereocenters. The van der Waals surface area contributed by atoms with Crippen molar-refractivity contribution in [1.82, 2.24) is 24.9 Å². The number of amides is 1. The average molecular weight is 610 g/mol. The summed E-state index contributed by atoms with van der Waals surface area (Å²) in [7, 11) is -3.65. The molecule has 0 spiro atoms. The van der Waals surface area contributed by atoms with Gasteiger partial charge in [0.2, 0.25) is 15.9 Å². The predicted octanol–water partition coefficient (Wildman–Crippen LogP) is 7.11. The fourth-order valence-electron chi connectivity index (χ4n) is 5.03. The van der Waals surface area contributed by atoms with Crippen LogP contribution >= 0.6 is 0 Å². The van der Waals surface area contributed by atoms with E-state index in [2.05, 4.69) is 38.4 Å². The van der Waals surface area contributed by atoms with Crippen molar-refractivity contribution in [3.8, 4) is 11.3 Å². The van der Waals surface area contributed by atoms with Crippen LogP contribution in [0.3, 0.4) is 0 Å². The molecule has 1 aliphatic carbocycles. The number of carbonyl (C=O) groups is 1. The molecule has 0 bridgehead atoms. The number of carbonyl (C=O) groups excluding carboxylic acids is 1. The zero-order valence-corrected chi connectivity index (χ0v) is 27.4. The van der Waals surface area contributed by atoms with Gasteiger partial charge in [-0.15, -0.1) is 0 Å². The average Bonchev–Trinajstić information content (AvgIpc) is 3.68. The number of likely N-dealkylation sites (tertiary alicyclic amines) is 1. The van der Waals surface area contributed by atoms with Crippen LogP contribution in [0.4, 0.5) is 4.39 Å². The number of piperidine rings is 1. The Hall–Kier alpha value is -2.72. The number of nitrogens with one attached hydrogen (secondary N) is 3. The molecule has 4 rings (SSSR count). The maximum atomic E-state index is 14.4. The number of rotatable bonds is 12. The number of aromatic nitrogens is 2. The zero-order chi connectivity index (χ0) is 31.4. The first-order chi connectivity index (χ1) is 20.0. The summed E-state index contributed by atoms with van der Waals surface area (Å²) in [5.74, 6) is 0.121. The molecule has 3 N–H and O–H groups in total. The summed E-state index contributed by atoms with van der Waals surface area (Å²) < 4.78 is 42.9. The zero-order valence-electron chi connectivity index (χ0n) is 26.6. The Kier molecular flexibility index (Phi) is 14.2. The standard InChI is InChI=1S/C28H40FN5O3S.2C2H6.2H2/c1-18-8-11-23(24(29)15-18)26-17-30-27(32-26)21(4)31-28(35)25(33-38(36,37)14-12-22-9-10-22)16-20(3)34-13-6-5-7-19(34)2;2*1-2;;/h8,11,15,17,19,21-22,25,33H,3,5-7,9-10,12-14,16H2,1-2,4H3,(H,30,32)(H,31,35);2*1-2H3;2*1H/t19-,21-,25-;;;;/m0..../s1. The number of halogens is 1. The molecule has 3 atom stereocenters. The predicted molar refractivity (Wildman–Crippen MR) is 174 cm³/mol. The van der Waals surface area contributed by atoms with E-state index in [4.69, 9.17) is 0 Å². The van der Waals surface area contributed by atoms with Crippen molar-refractivity contribution in [3.05, 3.63) is 53.9 Å². The Morgan fingerprint density at radius 2 is 1.90 bits per heavy atom. The van der Waals surface area contributed by atoms with Gasteiger partial charge in [0.25, 0.3) is 0 Å². The second kappa shape index (κ2) is 16.8. The Bertz CT molecular complexity index is 1270. The largest absolute Gasteiger partial charge is 0.373 e. The summed E-state index contributed by atoms with van der Waals surface area (Å²) >= 11 is 0. The lowest BCUT2D eigenvalue weighted by Crippen LogP contribution is -2.49. The molecule has 1 saturated carbocycles. The van der Waals surface area contributed by atoms with Crippen molar-refractivity contribution in [2.75, 3.05) is 12.3 Å². The minimum Gasteiger partial charge on any atom is -0.373 e. The van der Waals surface area contributed by atoms with Crippen molar-refractivity contribution in [3.63, 3.8) is 0 Å². The highest BCUT2D eigenvalue weighted by Gasteiger charge is 2.31. The van der Waals surface area contributed by atoms with Crippen LogP contribution < -0.4 is 10.0 Å². The molecule has 2 fully saturated rings. The smallest absolute Gasteiger partial charge is 0.239 e. The third-order valence-corrected chi connectivity index (χ3v) is 8.97. The SMILES string of the molecule is C=C(C[C@H](NS(=O)(=O)CCC1CC1)C(=O)N[C@@H](C)c1ncc(-c2ccc(C)cc2F)[nH]1)N1CCCC[C@@H]1C.CC.CC.[HH].[HH]. The topological polar surface area (TPSA) is 107 Å². The first-order valence-corrected chi connectivity index (χ1v) is 17.2. The van der Waals surface area contributed by atoms with E-state index < -0.39 is 28.0 Å². The van der Waals surface area contributed by atoms with Crippen LogP contribution in [-0.4, -0.2) is 53.6 Å². The van der Waals surface area contributed by atoms with Gasteiger partial charge in [-0.3, -0.25) is 4.79 Å². The van der Waals surface area contributed by atoms with Gasteiger partial charge in [-0.25, -0.2) is 22.5 Å². The van der Waals surface area contributed by atoms with Crippen LogP contribution in [0.25, 0.3) is 11.3 Å². The molecule has 2 aliphatic rings. The van der Waals surface area contributed by atoms with E-state index in [9.17, 15) is 17.6 Å². The van der Waals surface area contributed by atoms with Crippen LogP contribution in [0.15, 0.2) is 36.7 Å². The second-order valence-corrected chi connectivity index (χ2v) is 12.8. The van der Waals surface area contributed by atoms with Crippen LogP contribution in [0.1, 0.15) is 107 Å². The van der Waals surface area contributed by atoms with E-state index in [-0.39, 0.29) is 20.8 Å². The van der Waals surface area contributed by atoms with Gasteiger partial charge in [-0.2, -0.15) is 0 Å². The molecule has 1 aliphatic heterocycles. The number of aromatic amines is 1. The first-order valence-electron chi connectivity index (χ1n) is 15.6. The van der Waals surface area contributed by atoms with Gasteiger partial charge < -0.3 is 15.2 Å². The van der Waals surface area contributed by atoms with Crippen molar-refractivity contribution >= 4 is 15.9 Å². The molecule has 8 nitrogen and oxygen atoms in total. The number of hydrogen-bond acceptors (Lipinski definition) is 5. The Labute approximate surface area is 256 Å². The highest BCUT2D eigenvalue weighted by atomic mass is 32.2. The maximum absolute atomic E-state index is 14.4. The molecule has 2 heterocycles. The summed E-state index contributed by atoms with van der Waals surface area (Å²) in [5.41, 5.74) is 2.47. The Morgan fingerprint density at radius 3 is 2.52 bits per heavy atom. The van der Waals surface area contributed by atoms with Crippen molar-refractivity contribution < 1.29 is 20.5 Å². The number of nitrogens with zero attached hydrogens (tertiary/aromatic N) is 2. The molecule has 1 amide bonds. The van der Waals surface area contributed by atoms with E-state index >= 15 is 0 Å². The second-order valence-electron chi connectivity index (χ2n) is 10.9. The van der Waals surface area contributed by atoms with Gasteiger partial charge >= 0.3 is 0 Å². The van der Waals surface area contributed by atoms with Crippen LogP contribution in [0.2, 0.25) is 0 Å². The maximum Gasteiger partial charge on any atom is 0.239 e. The quantitative estimate of drug-likeness (QED) is 0.238. The number of hydrogen-bond donors (Lipinski definition) is 3. The third kappa shape index (κ3) is 10.5. The van der Waals surface area contributed by atoms with Crippen molar-refractivity contribution in [1.29, 1.82) is 0 Å². The van der Waals surface area contributed by atoms with Crippen LogP contribution in [0.5, 0.6) is 0 Å². The van der Waals surface area contributed by atoms with Gasteiger partial charge in [0.15, 0.2) is 0 Å². The lowest BCUT2D eigenvalue weighted by Gasteiger charge is -2.37.